The Hall–Kier alpha value is -3.29. The van der Waals surface area contributed by atoms with Gasteiger partial charge in [-0.05, 0) is 66.1 Å². The van der Waals surface area contributed by atoms with E-state index in [1.807, 2.05) is 48.2 Å². The molecule has 1 fully saturated rings. The second-order valence-electron chi connectivity index (χ2n) is 8.45. The summed E-state index contributed by atoms with van der Waals surface area (Å²) in [5.74, 6) is -0.124. The number of hydrogen-bond acceptors (Lipinski definition) is 5. The highest BCUT2D eigenvalue weighted by Gasteiger charge is 2.32. The maximum atomic E-state index is 12.7. The highest BCUT2D eigenvalue weighted by atomic mass is 35.5. The molecule has 36 heavy (non-hydrogen) atoms. The lowest BCUT2D eigenvalue weighted by atomic mass is 10.1. The summed E-state index contributed by atoms with van der Waals surface area (Å²) >= 11 is 7.55. The topological polar surface area (TPSA) is 75.7 Å². The first kappa shape index (κ1) is 25.8. The average Bonchev–Trinajstić information content (AvgIpc) is 3.25. The zero-order valence-corrected chi connectivity index (χ0v) is 21.5. The fraction of sp³-hybridized carbons (Fsp3) is 0.250. The molecule has 3 aromatic rings. The van der Waals surface area contributed by atoms with Crippen molar-refractivity contribution in [2.45, 2.75) is 31.7 Å². The summed E-state index contributed by atoms with van der Waals surface area (Å²) in [4.78, 5) is 39.1. The molecule has 0 radical (unpaired) electrons. The van der Waals surface area contributed by atoms with Gasteiger partial charge in [-0.3, -0.25) is 9.59 Å². The quantitative estimate of drug-likeness (QED) is 0.263. The van der Waals surface area contributed by atoms with Gasteiger partial charge in [-0.1, -0.05) is 49.2 Å². The molecule has 1 aliphatic rings. The molecule has 1 N–H and O–H groups in total. The minimum absolute atomic E-state index is 0.0828. The normalized spacial score (nSPS) is 15.1. The van der Waals surface area contributed by atoms with Crippen LogP contribution in [0.3, 0.4) is 0 Å². The number of benzene rings is 3. The van der Waals surface area contributed by atoms with E-state index in [9.17, 15) is 14.4 Å². The van der Waals surface area contributed by atoms with Crippen molar-refractivity contribution in [2.24, 2.45) is 0 Å². The van der Waals surface area contributed by atoms with Gasteiger partial charge in [-0.2, -0.15) is 0 Å². The Morgan fingerprint density at radius 1 is 1.00 bits per heavy atom. The van der Waals surface area contributed by atoms with E-state index in [0.29, 0.717) is 40.7 Å². The van der Waals surface area contributed by atoms with E-state index in [2.05, 4.69) is 5.32 Å². The largest absolute Gasteiger partial charge is 0.462 e. The van der Waals surface area contributed by atoms with Gasteiger partial charge in [0.05, 0.1) is 17.9 Å². The molecule has 8 heteroatoms. The van der Waals surface area contributed by atoms with Gasteiger partial charge >= 0.3 is 5.97 Å². The SMILES string of the molecule is CCCCOC(=O)c1ccc(NC(=O)c2ccc([C@H]3SCC(=O)N3Cc3ccc(Cl)cc3)cc2)cc1. The van der Waals surface area contributed by atoms with Crippen LogP contribution in [-0.4, -0.2) is 35.0 Å². The van der Waals surface area contributed by atoms with Gasteiger partial charge in [0, 0.05) is 22.8 Å². The highest BCUT2D eigenvalue weighted by molar-refractivity contribution is 8.00. The zero-order chi connectivity index (χ0) is 25.5. The van der Waals surface area contributed by atoms with Crippen LogP contribution >= 0.6 is 23.4 Å². The number of nitrogens with one attached hydrogen (secondary N) is 1. The molecule has 0 spiro atoms. The van der Waals surface area contributed by atoms with Crippen molar-refractivity contribution < 1.29 is 19.1 Å². The third-order valence-corrected chi connectivity index (χ3v) is 7.31. The molecule has 2 amide bonds. The monoisotopic (exact) mass is 522 g/mol. The number of esters is 1. The van der Waals surface area contributed by atoms with Gasteiger partial charge in [-0.25, -0.2) is 4.79 Å². The summed E-state index contributed by atoms with van der Waals surface area (Å²) in [5.41, 5.74) is 3.50. The minimum atomic E-state index is -0.370. The smallest absolute Gasteiger partial charge is 0.338 e. The highest BCUT2D eigenvalue weighted by Crippen LogP contribution is 2.39. The summed E-state index contributed by atoms with van der Waals surface area (Å²) < 4.78 is 5.21. The number of ether oxygens (including phenoxy) is 1. The minimum Gasteiger partial charge on any atom is -0.462 e. The molecule has 186 valence electrons. The molecule has 0 aliphatic carbocycles. The van der Waals surface area contributed by atoms with Crippen LogP contribution in [0.25, 0.3) is 0 Å². The van der Waals surface area contributed by atoms with Crippen molar-refractivity contribution in [1.29, 1.82) is 0 Å². The second kappa shape index (κ2) is 12.1. The number of halogens is 1. The fourth-order valence-electron chi connectivity index (χ4n) is 3.77. The third-order valence-electron chi connectivity index (χ3n) is 5.80. The molecule has 6 nitrogen and oxygen atoms in total. The van der Waals surface area contributed by atoms with Gasteiger partial charge in [0.1, 0.15) is 5.37 Å². The first-order valence-electron chi connectivity index (χ1n) is 11.8. The summed E-state index contributed by atoms with van der Waals surface area (Å²) in [5, 5.41) is 3.39. The Balaban J connectivity index is 1.37. The van der Waals surface area contributed by atoms with Gasteiger partial charge < -0.3 is 15.0 Å². The van der Waals surface area contributed by atoms with Crippen molar-refractivity contribution in [3.05, 3.63) is 100 Å². The standard InChI is InChI=1S/C28H27ClN2O4S/c1-2-3-16-35-28(34)22-10-14-24(15-11-22)30-26(33)20-6-8-21(9-7-20)27-31(25(32)18-36-27)17-19-4-12-23(29)13-5-19/h4-15,27H,2-3,16-18H2,1H3,(H,30,33)/t27-/m1/s1. The van der Waals surface area contributed by atoms with E-state index in [-0.39, 0.29) is 23.2 Å². The van der Waals surface area contributed by atoms with Crippen molar-refractivity contribution >= 4 is 46.8 Å². The van der Waals surface area contributed by atoms with Gasteiger partial charge in [0.25, 0.3) is 5.91 Å². The third kappa shape index (κ3) is 6.47. The molecular weight excluding hydrogens is 496 g/mol. The van der Waals surface area contributed by atoms with Crippen molar-refractivity contribution in [3.8, 4) is 0 Å². The van der Waals surface area contributed by atoms with Crippen LogP contribution in [0.15, 0.2) is 72.8 Å². The van der Waals surface area contributed by atoms with E-state index in [0.717, 1.165) is 24.0 Å². The summed E-state index contributed by atoms with van der Waals surface area (Å²) in [7, 11) is 0. The van der Waals surface area contributed by atoms with Crippen LogP contribution in [0, 0.1) is 0 Å². The Morgan fingerprint density at radius 3 is 2.33 bits per heavy atom. The number of carbonyl (C=O) groups excluding carboxylic acids is 3. The Morgan fingerprint density at radius 2 is 1.67 bits per heavy atom. The summed E-state index contributed by atoms with van der Waals surface area (Å²) in [6, 6.07) is 21.4. The Labute approximate surface area is 220 Å². The van der Waals surface area contributed by atoms with E-state index in [1.54, 1.807) is 48.2 Å². The molecule has 0 aromatic heterocycles. The van der Waals surface area contributed by atoms with Crippen LogP contribution in [0.2, 0.25) is 5.02 Å². The molecule has 0 unspecified atom stereocenters. The van der Waals surface area contributed by atoms with Crippen LogP contribution < -0.4 is 5.32 Å². The van der Waals surface area contributed by atoms with Crippen LogP contribution in [0.5, 0.6) is 0 Å². The number of anilines is 1. The Kier molecular flexibility index (Phi) is 8.67. The first-order valence-corrected chi connectivity index (χ1v) is 13.2. The lowest BCUT2D eigenvalue weighted by Crippen LogP contribution is -2.27. The number of rotatable bonds is 9. The van der Waals surface area contributed by atoms with Crippen molar-refractivity contribution in [1.82, 2.24) is 4.90 Å². The maximum Gasteiger partial charge on any atom is 0.338 e. The molecule has 4 rings (SSSR count). The molecule has 1 atom stereocenters. The Bertz CT molecular complexity index is 1210. The summed E-state index contributed by atoms with van der Waals surface area (Å²) in [6.45, 7) is 2.93. The predicted octanol–water partition coefficient (Wildman–Crippen LogP) is 6.32. The predicted molar refractivity (Wildman–Crippen MR) is 143 cm³/mol. The number of hydrogen-bond donors (Lipinski definition) is 1. The fourth-order valence-corrected chi connectivity index (χ4v) is 5.09. The van der Waals surface area contributed by atoms with E-state index >= 15 is 0 Å². The van der Waals surface area contributed by atoms with Crippen LogP contribution in [-0.2, 0) is 16.1 Å². The van der Waals surface area contributed by atoms with E-state index in [4.69, 9.17) is 16.3 Å². The number of amides is 2. The second-order valence-corrected chi connectivity index (χ2v) is 9.96. The van der Waals surface area contributed by atoms with Crippen LogP contribution in [0.1, 0.15) is 57.0 Å². The van der Waals surface area contributed by atoms with Gasteiger partial charge in [-0.15, -0.1) is 11.8 Å². The van der Waals surface area contributed by atoms with Gasteiger partial charge in [0.15, 0.2) is 0 Å². The summed E-state index contributed by atoms with van der Waals surface area (Å²) in [6.07, 6.45) is 1.79. The number of thioether (sulfide) groups is 1. The average molecular weight is 523 g/mol. The molecular formula is C28H27ClN2O4S. The first-order chi connectivity index (χ1) is 17.4. The maximum absolute atomic E-state index is 12.7. The number of unbranched alkanes of at least 4 members (excludes halogenated alkanes) is 1. The molecule has 1 aliphatic heterocycles. The van der Waals surface area contributed by atoms with Crippen molar-refractivity contribution in [3.63, 3.8) is 0 Å². The molecule has 0 saturated carbocycles. The number of carbonyl (C=O) groups is 3. The lowest BCUT2D eigenvalue weighted by Gasteiger charge is -2.24. The molecule has 3 aromatic carbocycles. The van der Waals surface area contributed by atoms with E-state index in [1.165, 1.54) is 0 Å². The van der Waals surface area contributed by atoms with Crippen LogP contribution in [0.4, 0.5) is 5.69 Å². The molecule has 1 heterocycles. The zero-order valence-electron chi connectivity index (χ0n) is 19.9. The van der Waals surface area contributed by atoms with Gasteiger partial charge in [0.2, 0.25) is 5.91 Å². The lowest BCUT2D eigenvalue weighted by molar-refractivity contribution is -0.128. The molecule has 1 saturated heterocycles. The molecule has 0 bridgehead atoms. The van der Waals surface area contributed by atoms with Crippen molar-refractivity contribution in [2.75, 3.05) is 17.7 Å². The number of nitrogens with zero attached hydrogens (tertiary/aromatic N) is 1. The van der Waals surface area contributed by atoms with E-state index < -0.39 is 0 Å².